The van der Waals surface area contributed by atoms with Crippen molar-refractivity contribution in [1.29, 1.82) is 0 Å². The highest BCUT2D eigenvalue weighted by molar-refractivity contribution is 9.10. The van der Waals surface area contributed by atoms with Crippen LogP contribution in [0.1, 0.15) is 25.6 Å². The first kappa shape index (κ1) is 13.6. The predicted octanol–water partition coefficient (Wildman–Crippen LogP) is 1.18. The normalized spacial score (nSPS) is 14.5. The molecule has 1 aromatic heterocycles. The van der Waals surface area contributed by atoms with Gasteiger partial charge in [-0.3, -0.25) is 0 Å². The maximum absolute atomic E-state index is 4.03. The number of aromatic nitrogens is 3. The Kier molecular flexibility index (Phi) is 4.09. The van der Waals surface area contributed by atoms with E-state index in [0.717, 1.165) is 10.3 Å². The molecule has 1 rings (SSSR count). The summed E-state index contributed by atoms with van der Waals surface area (Å²) >= 11 is 3.45. The zero-order chi connectivity index (χ0) is 12.5. The van der Waals surface area contributed by atoms with Gasteiger partial charge in [-0.1, -0.05) is 5.21 Å². The summed E-state index contributed by atoms with van der Waals surface area (Å²) in [6.07, 6.45) is 0. The molecule has 1 aromatic rings. The standard InChI is InChI=1S/C10H20BrN5/c1-10(2,15(4)5)8(12-3)7-9(11)13-14-16(7)6/h8,12H,1-6H3. The maximum Gasteiger partial charge on any atom is 0.153 e. The lowest BCUT2D eigenvalue weighted by molar-refractivity contribution is 0.138. The molecule has 0 aliphatic rings. The van der Waals surface area contributed by atoms with Gasteiger partial charge in [-0.15, -0.1) is 5.10 Å². The molecule has 0 bridgehead atoms. The summed E-state index contributed by atoms with van der Waals surface area (Å²) in [5.41, 5.74) is 1.02. The van der Waals surface area contributed by atoms with E-state index >= 15 is 0 Å². The molecular formula is C10H20BrN5. The highest BCUT2D eigenvalue weighted by Gasteiger charge is 2.35. The molecule has 1 unspecified atom stereocenters. The fraction of sp³-hybridized carbons (Fsp3) is 0.800. The third-order valence-electron chi connectivity index (χ3n) is 3.25. The molecule has 0 aliphatic carbocycles. The summed E-state index contributed by atoms with van der Waals surface area (Å²) in [6.45, 7) is 4.38. The molecular weight excluding hydrogens is 270 g/mol. The van der Waals surface area contributed by atoms with Gasteiger partial charge in [-0.25, -0.2) is 4.68 Å². The Morgan fingerprint density at radius 2 is 2.00 bits per heavy atom. The Morgan fingerprint density at radius 3 is 2.31 bits per heavy atom. The number of nitrogens with one attached hydrogen (secondary N) is 1. The van der Waals surface area contributed by atoms with E-state index in [9.17, 15) is 0 Å². The average molecular weight is 290 g/mol. The Labute approximate surface area is 105 Å². The lowest BCUT2D eigenvalue weighted by Gasteiger charge is -2.39. The van der Waals surface area contributed by atoms with Crippen molar-refractivity contribution >= 4 is 15.9 Å². The molecule has 1 N–H and O–H groups in total. The minimum absolute atomic E-state index is 0.0350. The van der Waals surface area contributed by atoms with Crippen molar-refractivity contribution in [1.82, 2.24) is 25.2 Å². The zero-order valence-electron chi connectivity index (χ0n) is 10.7. The molecule has 0 saturated carbocycles. The molecule has 5 nitrogen and oxygen atoms in total. The summed E-state index contributed by atoms with van der Waals surface area (Å²) in [7, 11) is 8.00. The second kappa shape index (κ2) is 4.81. The summed E-state index contributed by atoms with van der Waals surface area (Å²) in [5, 5.41) is 11.4. The molecule has 0 saturated heterocycles. The largest absolute Gasteiger partial charge is 0.310 e. The Morgan fingerprint density at radius 1 is 1.44 bits per heavy atom. The molecule has 1 heterocycles. The van der Waals surface area contributed by atoms with Crippen LogP contribution in [0, 0.1) is 0 Å². The van der Waals surface area contributed by atoms with Gasteiger partial charge in [-0.05, 0) is 50.9 Å². The third-order valence-corrected chi connectivity index (χ3v) is 3.81. The van der Waals surface area contributed by atoms with Crippen LogP contribution in [0.2, 0.25) is 0 Å². The quantitative estimate of drug-likeness (QED) is 0.904. The maximum atomic E-state index is 4.03. The summed E-state index contributed by atoms with van der Waals surface area (Å²) in [5.74, 6) is 0. The van der Waals surface area contributed by atoms with Crippen LogP contribution in [0.5, 0.6) is 0 Å². The highest BCUT2D eigenvalue weighted by atomic mass is 79.9. The van der Waals surface area contributed by atoms with E-state index in [2.05, 4.69) is 64.4 Å². The van der Waals surface area contributed by atoms with E-state index < -0.39 is 0 Å². The van der Waals surface area contributed by atoms with E-state index in [-0.39, 0.29) is 11.6 Å². The van der Waals surface area contributed by atoms with Gasteiger partial charge in [0.25, 0.3) is 0 Å². The Hall–Kier alpha value is -0.460. The smallest absolute Gasteiger partial charge is 0.153 e. The van der Waals surface area contributed by atoms with Crippen molar-refractivity contribution in [2.24, 2.45) is 7.05 Å². The molecule has 6 heteroatoms. The lowest BCUT2D eigenvalue weighted by atomic mass is 9.91. The van der Waals surface area contributed by atoms with Gasteiger partial charge >= 0.3 is 0 Å². The third kappa shape index (κ3) is 2.28. The fourth-order valence-corrected chi connectivity index (χ4v) is 2.28. The second-order valence-corrected chi connectivity index (χ2v) is 5.41. The molecule has 0 aromatic carbocycles. The summed E-state index contributed by atoms with van der Waals surface area (Å²) in [6, 6.07) is 0.150. The number of nitrogens with zero attached hydrogens (tertiary/aromatic N) is 4. The minimum Gasteiger partial charge on any atom is -0.310 e. The molecule has 0 spiro atoms. The van der Waals surface area contributed by atoms with Crippen LogP contribution in [-0.2, 0) is 7.05 Å². The van der Waals surface area contributed by atoms with Crippen LogP contribution in [-0.4, -0.2) is 46.6 Å². The minimum atomic E-state index is -0.0350. The number of aryl methyl sites for hydroxylation is 1. The zero-order valence-corrected chi connectivity index (χ0v) is 12.3. The predicted molar refractivity (Wildman–Crippen MR) is 68.3 cm³/mol. The Balaban J connectivity index is 3.18. The van der Waals surface area contributed by atoms with Gasteiger partial charge in [0.15, 0.2) is 4.60 Å². The van der Waals surface area contributed by atoms with Gasteiger partial charge in [-0.2, -0.15) is 0 Å². The molecule has 0 aliphatic heterocycles. The first-order valence-electron chi connectivity index (χ1n) is 5.22. The number of halogens is 1. The van der Waals surface area contributed by atoms with Gasteiger partial charge in [0.1, 0.15) is 0 Å². The van der Waals surface area contributed by atoms with Crippen LogP contribution in [0.25, 0.3) is 0 Å². The van der Waals surface area contributed by atoms with E-state index in [4.69, 9.17) is 0 Å². The number of rotatable bonds is 4. The number of hydrogen-bond acceptors (Lipinski definition) is 4. The van der Waals surface area contributed by atoms with Gasteiger partial charge in [0, 0.05) is 12.6 Å². The van der Waals surface area contributed by atoms with Gasteiger partial charge < -0.3 is 10.2 Å². The summed E-state index contributed by atoms with van der Waals surface area (Å²) in [4.78, 5) is 2.19. The van der Waals surface area contributed by atoms with Crippen molar-refractivity contribution in [2.75, 3.05) is 21.1 Å². The molecule has 1 atom stereocenters. The van der Waals surface area contributed by atoms with Crippen molar-refractivity contribution in [3.8, 4) is 0 Å². The first-order chi connectivity index (χ1) is 7.32. The van der Waals surface area contributed by atoms with Crippen LogP contribution >= 0.6 is 15.9 Å². The second-order valence-electron chi connectivity index (χ2n) is 4.66. The van der Waals surface area contributed by atoms with Crippen molar-refractivity contribution in [3.05, 3.63) is 10.3 Å². The number of hydrogen-bond donors (Lipinski definition) is 1. The first-order valence-corrected chi connectivity index (χ1v) is 6.01. The number of likely N-dealkylation sites (N-methyl/N-ethyl adjacent to an activating group) is 2. The summed E-state index contributed by atoms with van der Waals surface area (Å²) < 4.78 is 2.60. The van der Waals surface area contributed by atoms with E-state index in [0.29, 0.717) is 0 Å². The highest BCUT2D eigenvalue weighted by Crippen LogP contribution is 2.31. The SMILES string of the molecule is CNC(c1c(Br)nnn1C)C(C)(C)N(C)C. The van der Waals surface area contributed by atoms with Crippen LogP contribution < -0.4 is 5.32 Å². The molecule has 0 fully saturated rings. The molecule has 16 heavy (non-hydrogen) atoms. The van der Waals surface area contributed by atoms with Crippen molar-refractivity contribution in [3.63, 3.8) is 0 Å². The average Bonchev–Trinajstić information content (AvgIpc) is 2.50. The van der Waals surface area contributed by atoms with Crippen molar-refractivity contribution in [2.45, 2.75) is 25.4 Å². The molecule has 92 valence electrons. The van der Waals surface area contributed by atoms with Crippen LogP contribution in [0.3, 0.4) is 0 Å². The van der Waals surface area contributed by atoms with E-state index in [1.54, 1.807) is 4.68 Å². The Bertz CT molecular complexity index is 339. The van der Waals surface area contributed by atoms with E-state index in [1.165, 1.54) is 0 Å². The topological polar surface area (TPSA) is 46.0 Å². The lowest BCUT2D eigenvalue weighted by Crippen LogP contribution is -2.49. The van der Waals surface area contributed by atoms with E-state index in [1.807, 2.05) is 14.1 Å². The van der Waals surface area contributed by atoms with Gasteiger partial charge in [0.2, 0.25) is 0 Å². The van der Waals surface area contributed by atoms with Crippen LogP contribution in [0.15, 0.2) is 4.60 Å². The van der Waals surface area contributed by atoms with Crippen molar-refractivity contribution < 1.29 is 0 Å². The molecule has 0 amide bonds. The molecule has 0 radical (unpaired) electrons. The monoisotopic (exact) mass is 289 g/mol. The fourth-order valence-electron chi connectivity index (χ4n) is 1.73. The van der Waals surface area contributed by atoms with Crippen LogP contribution in [0.4, 0.5) is 0 Å². The van der Waals surface area contributed by atoms with Gasteiger partial charge in [0.05, 0.1) is 11.7 Å².